The van der Waals surface area contributed by atoms with E-state index in [1.807, 2.05) is 0 Å². The fourth-order valence-corrected chi connectivity index (χ4v) is 2.56. The first-order valence-electron chi connectivity index (χ1n) is 6.59. The molecule has 0 radical (unpaired) electrons. The first kappa shape index (κ1) is 17.2. The van der Waals surface area contributed by atoms with Gasteiger partial charge in [-0.05, 0) is 13.3 Å². The summed E-state index contributed by atoms with van der Waals surface area (Å²) in [6, 6.07) is 0. The van der Waals surface area contributed by atoms with Crippen molar-refractivity contribution in [1.82, 2.24) is 0 Å². The summed E-state index contributed by atoms with van der Waals surface area (Å²) in [6.45, 7) is 4.07. The Bertz CT molecular complexity index is 344. The third-order valence-electron chi connectivity index (χ3n) is 2.48. The van der Waals surface area contributed by atoms with Gasteiger partial charge in [-0.2, -0.15) is 0 Å². The van der Waals surface area contributed by atoms with Crippen LogP contribution in [0.4, 0.5) is 0 Å². The van der Waals surface area contributed by atoms with Gasteiger partial charge in [0.15, 0.2) is 9.84 Å². The van der Waals surface area contributed by atoms with Crippen molar-refractivity contribution in [2.45, 2.75) is 52.4 Å². The highest BCUT2D eigenvalue weighted by Crippen LogP contribution is 2.07. The summed E-state index contributed by atoms with van der Waals surface area (Å²) in [6.07, 6.45) is 7.18. The highest BCUT2D eigenvalue weighted by molar-refractivity contribution is 7.94. The van der Waals surface area contributed by atoms with E-state index in [4.69, 9.17) is 0 Å². The lowest BCUT2D eigenvalue weighted by atomic mass is 10.1. The minimum absolute atomic E-state index is 0.106. The molecule has 18 heavy (non-hydrogen) atoms. The van der Waals surface area contributed by atoms with Gasteiger partial charge in [-0.25, -0.2) is 13.2 Å². The van der Waals surface area contributed by atoms with Crippen molar-refractivity contribution in [2.24, 2.45) is 0 Å². The molecular formula is C13H24O4S. The molecular weight excluding hydrogens is 252 g/mol. The van der Waals surface area contributed by atoms with E-state index in [-0.39, 0.29) is 12.4 Å². The average molecular weight is 276 g/mol. The molecule has 0 aromatic rings. The van der Waals surface area contributed by atoms with E-state index < -0.39 is 15.8 Å². The normalized spacial score (nSPS) is 11.9. The number of rotatable bonds is 10. The van der Waals surface area contributed by atoms with Gasteiger partial charge in [0.05, 0.1) is 12.4 Å². The van der Waals surface area contributed by atoms with Crippen LogP contribution in [-0.4, -0.2) is 26.7 Å². The Balaban J connectivity index is 3.83. The predicted molar refractivity (Wildman–Crippen MR) is 72.9 cm³/mol. The molecule has 0 atom stereocenters. The number of esters is 1. The molecule has 0 fully saturated rings. The fourth-order valence-electron chi connectivity index (χ4n) is 1.50. The molecule has 106 valence electrons. The van der Waals surface area contributed by atoms with Crippen molar-refractivity contribution in [3.63, 3.8) is 0 Å². The molecule has 5 heteroatoms. The minimum Gasteiger partial charge on any atom is -0.463 e. The summed E-state index contributed by atoms with van der Waals surface area (Å²) >= 11 is 0. The summed E-state index contributed by atoms with van der Waals surface area (Å²) in [7, 11) is -3.27. The number of ether oxygens (including phenoxy) is 1. The Morgan fingerprint density at radius 1 is 1.06 bits per heavy atom. The molecule has 0 spiro atoms. The van der Waals surface area contributed by atoms with E-state index in [0.29, 0.717) is 6.42 Å². The third-order valence-corrected chi connectivity index (χ3v) is 3.89. The molecule has 0 bridgehead atoms. The molecule has 4 nitrogen and oxygen atoms in total. The molecule has 0 N–H and O–H groups in total. The summed E-state index contributed by atoms with van der Waals surface area (Å²) in [5, 5.41) is 0.955. The predicted octanol–water partition coefficient (Wildman–Crippen LogP) is 2.84. The van der Waals surface area contributed by atoms with E-state index in [2.05, 4.69) is 11.7 Å². The van der Waals surface area contributed by atoms with Crippen LogP contribution in [0.2, 0.25) is 0 Å². The molecule has 0 aromatic heterocycles. The van der Waals surface area contributed by atoms with Crippen molar-refractivity contribution >= 4 is 15.8 Å². The lowest BCUT2D eigenvalue weighted by Gasteiger charge is -2.00. The second-order valence-corrected chi connectivity index (χ2v) is 6.20. The molecule has 0 aliphatic carbocycles. The van der Waals surface area contributed by atoms with Crippen molar-refractivity contribution in [3.05, 3.63) is 11.5 Å². The Kier molecular flexibility index (Phi) is 9.64. The summed E-state index contributed by atoms with van der Waals surface area (Å²) in [4.78, 5) is 11.0. The molecule has 0 saturated carbocycles. The van der Waals surface area contributed by atoms with Crippen molar-refractivity contribution in [3.8, 4) is 0 Å². The van der Waals surface area contributed by atoms with E-state index in [9.17, 15) is 13.2 Å². The molecule has 0 saturated heterocycles. The maximum absolute atomic E-state index is 11.5. The average Bonchev–Trinajstić information content (AvgIpc) is 2.32. The number of hydrogen-bond acceptors (Lipinski definition) is 4. The number of hydrogen-bond donors (Lipinski definition) is 0. The van der Waals surface area contributed by atoms with Crippen LogP contribution < -0.4 is 0 Å². The maximum atomic E-state index is 11.5. The Hall–Kier alpha value is -0.840. The van der Waals surface area contributed by atoms with Gasteiger partial charge in [0.1, 0.15) is 0 Å². The van der Waals surface area contributed by atoms with Crippen molar-refractivity contribution in [1.29, 1.82) is 0 Å². The largest absolute Gasteiger partial charge is 0.463 e. The van der Waals surface area contributed by atoms with Gasteiger partial charge in [0.25, 0.3) is 0 Å². The van der Waals surface area contributed by atoms with E-state index in [1.54, 1.807) is 6.92 Å². The second-order valence-electron chi connectivity index (χ2n) is 4.19. The highest BCUT2D eigenvalue weighted by Gasteiger charge is 2.06. The standard InChI is InChI=1S/C13H24O4S/c1-3-5-6-7-8-9-11-18(15,16)12-10-13(14)17-4-2/h10,12H,3-9,11H2,1-2H3/b12-10-. The van der Waals surface area contributed by atoms with Crippen molar-refractivity contribution in [2.75, 3.05) is 12.4 Å². The topological polar surface area (TPSA) is 60.4 Å². The van der Waals surface area contributed by atoms with E-state index in [1.165, 1.54) is 12.8 Å². The van der Waals surface area contributed by atoms with Gasteiger partial charge in [-0.15, -0.1) is 0 Å². The van der Waals surface area contributed by atoms with Gasteiger partial charge in [0, 0.05) is 11.5 Å². The Labute approximate surface area is 110 Å². The van der Waals surface area contributed by atoms with Crippen LogP contribution in [0.25, 0.3) is 0 Å². The van der Waals surface area contributed by atoms with Crippen LogP contribution in [0.3, 0.4) is 0 Å². The van der Waals surface area contributed by atoms with Gasteiger partial charge < -0.3 is 4.74 Å². The second kappa shape index (κ2) is 10.1. The monoisotopic (exact) mass is 276 g/mol. The number of sulfone groups is 1. The molecule has 0 aromatic carbocycles. The zero-order valence-corrected chi connectivity index (χ0v) is 12.2. The number of carbonyl (C=O) groups is 1. The molecule has 0 rings (SSSR count). The van der Waals surface area contributed by atoms with Crippen LogP contribution >= 0.6 is 0 Å². The molecule has 0 aliphatic heterocycles. The van der Waals surface area contributed by atoms with Crippen molar-refractivity contribution < 1.29 is 17.9 Å². The van der Waals surface area contributed by atoms with Gasteiger partial charge >= 0.3 is 5.97 Å². The van der Waals surface area contributed by atoms with Crippen LogP contribution in [-0.2, 0) is 19.4 Å². The van der Waals surface area contributed by atoms with E-state index in [0.717, 1.165) is 30.7 Å². The number of carbonyl (C=O) groups excluding carboxylic acids is 1. The minimum atomic E-state index is -3.27. The lowest BCUT2D eigenvalue weighted by Crippen LogP contribution is -2.05. The Morgan fingerprint density at radius 2 is 1.67 bits per heavy atom. The summed E-state index contributed by atoms with van der Waals surface area (Å²) in [5.74, 6) is -0.501. The fraction of sp³-hybridized carbons (Fsp3) is 0.769. The number of unbranched alkanes of at least 4 members (excludes halogenated alkanes) is 5. The maximum Gasteiger partial charge on any atom is 0.331 e. The van der Waals surface area contributed by atoms with Crippen LogP contribution in [0.5, 0.6) is 0 Å². The van der Waals surface area contributed by atoms with Gasteiger partial charge in [0.2, 0.25) is 0 Å². The summed E-state index contributed by atoms with van der Waals surface area (Å²) < 4.78 is 27.7. The first-order valence-corrected chi connectivity index (χ1v) is 8.31. The quantitative estimate of drug-likeness (QED) is 0.350. The zero-order chi connectivity index (χ0) is 13.9. The smallest absolute Gasteiger partial charge is 0.331 e. The van der Waals surface area contributed by atoms with Gasteiger partial charge in [-0.1, -0.05) is 39.0 Å². The third kappa shape index (κ3) is 10.3. The van der Waals surface area contributed by atoms with Crippen LogP contribution in [0, 0.1) is 0 Å². The molecule has 0 unspecified atom stereocenters. The molecule has 0 amide bonds. The van der Waals surface area contributed by atoms with Crippen LogP contribution in [0.1, 0.15) is 52.4 Å². The summed E-state index contributed by atoms with van der Waals surface area (Å²) in [5.41, 5.74) is 0. The Morgan fingerprint density at radius 3 is 2.28 bits per heavy atom. The van der Waals surface area contributed by atoms with E-state index >= 15 is 0 Å². The SMILES string of the molecule is CCCCCCCCS(=O)(=O)/C=C\C(=O)OCC. The first-order chi connectivity index (χ1) is 8.52. The highest BCUT2D eigenvalue weighted by atomic mass is 32.2. The molecule has 0 heterocycles. The molecule has 0 aliphatic rings. The van der Waals surface area contributed by atoms with Crippen LogP contribution in [0.15, 0.2) is 11.5 Å². The van der Waals surface area contributed by atoms with Gasteiger partial charge in [-0.3, -0.25) is 0 Å². The zero-order valence-electron chi connectivity index (χ0n) is 11.4. The lowest BCUT2D eigenvalue weighted by molar-refractivity contribution is -0.137.